The first kappa shape index (κ1) is 16.5. The molecule has 126 valence electrons. The van der Waals surface area contributed by atoms with Crippen molar-refractivity contribution in [2.75, 3.05) is 6.61 Å². The number of benzene rings is 1. The summed E-state index contributed by atoms with van der Waals surface area (Å²) in [6.45, 7) is 6.02. The van der Waals surface area contributed by atoms with E-state index < -0.39 is 16.9 Å². The van der Waals surface area contributed by atoms with Gasteiger partial charge in [-0.05, 0) is 26.8 Å². The first-order valence-corrected chi connectivity index (χ1v) is 7.95. The van der Waals surface area contributed by atoms with E-state index in [2.05, 4.69) is 4.99 Å². The van der Waals surface area contributed by atoms with E-state index in [0.717, 1.165) is 0 Å². The van der Waals surface area contributed by atoms with Crippen molar-refractivity contribution in [2.45, 2.75) is 38.3 Å². The number of carbonyl (C=O) groups is 1. The minimum Gasteiger partial charge on any atom is -0.506 e. The van der Waals surface area contributed by atoms with E-state index in [1.165, 1.54) is 0 Å². The number of aliphatic hydroxyl groups is 2. The summed E-state index contributed by atoms with van der Waals surface area (Å²) in [5, 5.41) is 21.5. The predicted molar refractivity (Wildman–Crippen MR) is 91.8 cm³/mol. The Kier molecular flexibility index (Phi) is 3.84. The zero-order valence-electron chi connectivity index (χ0n) is 14.0. The Morgan fingerprint density at radius 2 is 1.92 bits per heavy atom. The van der Waals surface area contributed by atoms with Crippen LogP contribution in [0, 0.1) is 0 Å². The molecule has 5 heteroatoms. The number of Topliss-reactive ketones (excluding diaryl/α,β-unsaturated/α-hetero) is 1. The van der Waals surface area contributed by atoms with Crippen molar-refractivity contribution >= 4 is 17.3 Å². The lowest BCUT2D eigenvalue weighted by atomic mass is 9.69. The molecule has 0 aromatic heterocycles. The Hall–Kier alpha value is -2.40. The lowest BCUT2D eigenvalue weighted by Gasteiger charge is -2.40. The SMILES string of the molecule is CC(C)(C)N=C1/C(=C(\O)c2ccccc2)C(=O)C1(O)C1=CCCO1. The lowest BCUT2D eigenvalue weighted by molar-refractivity contribution is -0.129. The Balaban J connectivity index is 2.15. The Labute approximate surface area is 141 Å². The Bertz CT molecular complexity index is 768. The normalized spacial score (nSPS) is 27.6. The minimum atomic E-state index is -1.90. The maximum Gasteiger partial charge on any atom is 0.228 e. The lowest BCUT2D eigenvalue weighted by Crippen LogP contribution is -2.62. The van der Waals surface area contributed by atoms with Gasteiger partial charge in [-0.25, -0.2) is 0 Å². The zero-order chi connectivity index (χ0) is 17.5. The van der Waals surface area contributed by atoms with Crippen LogP contribution in [-0.2, 0) is 9.53 Å². The maximum atomic E-state index is 12.7. The summed E-state index contributed by atoms with van der Waals surface area (Å²) < 4.78 is 5.41. The quantitative estimate of drug-likeness (QED) is 0.647. The number of aliphatic hydroxyl groups excluding tert-OH is 1. The van der Waals surface area contributed by atoms with Crippen LogP contribution >= 0.6 is 0 Å². The number of carbonyl (C=O) groups excluding carboxylic acids is 1. The number of ketones is 1. The van der Waals surface area contributed by atoms with Gasteiger partial charge in [-0.3, -0.25) is 9.79 Å². The summed E-state index contributed by atoms with van der Waals surface area (Å²) in [6, 6.07) is 8.76. The Morgan fingerprint density at radius 1 is 1.25 bits per heavy atom. The standard InChI is InChI=1S/C19H21NO4/c1-18(2,3)20-16-14(15(21)12-8-5-4-6-9-12)17(22)19(16,23)13-10-7-11-24-13/h4-6,8-10,21,23H,7,11H2,1-3H3/b15-14+,20-16?. The fourth-order valence-corrected chi connectivity index (χ4v) is 2.85. The van der Waals surface area contributed by atoms with Crippen LogP contribution in [0.25, 0.3) is 5.76 Å². The van der Waals surface area contributed by atoms with Crippen molar-refractivity contribution in [1.82, 2.24) is 0 Å². The molecule has 1 aromatic carbocycles. The molecule has 1 aromatic rings. The van der Waals surface area contributed by atoms with Crippen LogP contribution in [0.1, 0.15) is 32.8 Å². The Morgan fingerprint density at radius 3 is 2.46 bits per heavy atom. The van der Waals surface area contributed by atoms with Gasteiger partial charge >= 0.3 is 0 Å². The highest BCUT2D eigenvalue weighted by atomic mass is 16.5. The van der Waals surface area contributed by atoms with Crippen molar-refractivity contribution in [3.63, 3.8) is 0 Å². The van der Waals surface area contributed by atoms with Crippen LogP contribution < -0.4 is 0 Å². The van der Waals surface area contributed by atoms with E-state index in [1.54, 1.807) is 30.3 Å². The first-order chi connectivity index (χ1) is 11.2. The van der Waals surface area contributed by atoms with Gasteiger partial charge in [0.05, 0.1) is 23.4 Å². The fourth-order valence-electron chi connectivity index (χ4n) is 2.85. The van der Waals surface area contributed by atoms with E-state index in [0.29, 0.717) is 18.6 Å². The van der Waals surface area contributed by atoms with Crippen LogP contribution in [0.15, 0.2) is 52.7 Å². The molecule has 0 amide bonds. The number of aliphatic imine (C=N–C) groups is 1. The van der Waals surface area contributed by atoms with Crippen LogP contribution in [0.2, 0.25) is 0 Å². The van der Waals surface area contributed by atoms with Crippen LogP contribution in [0.5, 0.6) is 0 Å². The number of hydrogen-bond donors (Lipinski definition) is 2. The predicted octanol–water partition coefficient (Wildman–Crippen LogP) is 2.81. The third-order valence-electron chi connectivity index (χ3n) is 3.93. The molecule has 0 bridgehead atoms. The van der Waals surface area contributed by atoms with Crippen molar-refractivity contribution in [1.29, 1.82) is 0 Å². The summed E-state index contributed by atoms with van der Waals surface area (Å²) in [5.41, 5.74) is -1.71. The molecule has 5 nitrogen and oxygen atoms in total. The monoisotopic (exact) mass is 327 g/mol. The highest BCUT2D eigenvalue weighted by molar-refractivity contribution is 6.49. The van der Waals surface area contributed by atoms with Crippen molar-refractivity contribution in [3.05, 3.63) is 53.3 Å². The summed E-state index contributed by atoms with van der Waals surface area (Å²) in [6.07, 6.45) is 2.34. The molecular weight excluding hydrogens is 306 g/mol. The second-order valence-electron chi connectivity index (χ2n) is 6.97. The average molecular weight is 327 g/mol. The summed E-state index contributed by atoms with van der Waals surface area (Å²) >= 11 is 0. The van der Waals surface area contributed by atoms with E-state index in [1.807, 2.05) is 26.8 Å². The van der Waals surface area contributed by atoms with Crippen molar-refractivity contribution in [2.24, 2.45) is 4.99 Å². The van der Waals surface area contributed by atoms with E-state index >= 15 is 0 Å². The summed E-state index contributed by atoms with van der Waals surface area (Å²) in [7, 11) is 0. The zero-order valence-corrected chi connectivity index (χ0v) is 14.0. The van der Waals surface area contributed by atoms with Gasteiger partial charge in [-0.2, -0.15) is 0 Å². The molecule has 1 unspecified atom stereocenters. The number of hydrogen-bond acceptors (Lipinski definition) is 5. The number of nitrogens with zero attached hydrogens (tertiary/aromatic N) is 1. The van der Waals surface area contributed by atoms with Gasteiger partial charge in [-0.15, -0.1) is 0 Å². The molecule has 1 aliphatic heterocycles. The molecule has 24 heavy (non-hydrogen) atoms. The van der Waals surface area contributed by atoms with E-state index in [-0.39, 0.29) is 22.8 Å². The second-order valence-corrected chi connectivity index (χ2v) is 6.97. The smallest absolute Gasteiger partial charge is 0.228 e. The second kappa shape index (κ2) is 5.60. The highest BCUT2D eigenvalue weighted by Crippen LogP contribution is 2.42. The van der Waals surface area contributed by atoms with Gasteiger partial charge < -0.3 is 14.9 Å². The summed E-state index contributed by atoms with van der Waals surface area (Å²) in [4.78, 5) is 17.2. The van der Waals surface area contributed by atoms with Crippen LogP contribution in [0.3, 0.4) is 0 Å². The molecule has 1 fully saturated rings. The number of rotatable bonds is 2. The van der Waals surface area contributed by atoms with Crippen molar-refractivity contribution in [3.8, 4) is 0 Å². The molecule has 0 saturated heterocycles. The van der Waals surface area contributed by atoms with E-state index in [9.17, 15) is 15.0 Å². The number of ether oxygens (including phenoxy) is 1. The molecular formula is C19H21NO4. The van der Waals surface area contributed by atoms with Gasteiger partial charge in [0.1, 0.15) is 11.5 Å². The minimum absolute atomic E-state index is 0.0509. The molecule has 1 aliphatic carbocycles. The molecule has 0 radical (unpaired) electrons. The highest BCUT2D eigenvalue weighted by Gasteiger charge is 2.61. The van der Waals surface area contributed by atoms with Crippen LogP contribution in [-0.4, -0.2) is 39.5 Å². The molecule has 1 saturated carbocycles. The molecule has 2 N–H and O–H groups in total. The van der Waals surface area contributed by atoms with Gasteiger partial charge in [0.25, 0.3) is 0 Å². The van der Waals surface area contributed by atoms with Gasteiger partial charge in [0, 0.05) is 12.0 Å². The van der Waals surface area contributed by atoms with Gasteiger partial charge in [-0.1, -0.05) is 30.3 Å². The average Bonchev–Trinajstić information content (AvgIpc) is 3.08. The first-order valence-electron chi connectivity index (χ1n) is 7.95. The topological polar surface area (TPSA) is 79.1 Å². The molecule has 0 spiro atoms. The molecule has 2 aliphatic rings. The third kappa shape index (κ3) is 2.55. The third-order valence-corrected chi connectivity index (χ3v) is 3.93. The van der Waals surface area contributed by atoms with Gasteiger partial charge in [0.15, 0.2) is 0 Å². The van der Waals surface area contributed by atoms with Crippen LogP contribution in [0.4, 0.5) is 0 Å². The fraction of sp³-hybridized carbons (Fsp3) is 0.368. The summed E-state index contributed by atoms with van der Waals surface area (Å²) in [5.74, 6) is -0.549. The molecule has 3 rings (SSSR count). The molecule has 1 heterocycles. The largest absolute Gasteiger partial charge is 0.506 e. The van der Waals surface area contributed by atoms with Crippen molar-refractivity contribution < 1.29 is 19.7 Å². The maximum absolute atomic E-state index is 12.7. The molecule has 1 atom stereocenters. The van der Waals surface area contributed by atoms with E-state index in [4.69, 9.17) is 4.74 Å². The van der Waals surface area contributed by atoms with Gasteiger partial charge in [0.2, 0.25) is 11.4 Å².